The summed E-state index contributed by atoms with van der Waals surface area (Å²) in [4.78, 5) is 0. The van der Waals surface area contributed by atoms with Gasteiger partial charge in [0.15, 0.2) is 30.8 Å². The smallest absolute Gasteiger partial charge is 0.418 e. The van der Waals surface area contributed by atoms with Gasteiger partial charge in [0, 0.05) is 24.3 Å². The summed E-state index contributed by atoms with van der Waals surface area (Å²) < 4.78 is 82.2. The first kappa shape index (κ1) is 23.9. The number of hydrogen-bond acceptors (Lipinski definition) is 0. The molecule has 0 N–H and O–H groups in total. The molecular weight excluding hydrogens is 370 g/mol. The molecule has 0 saturated carbocycles. The van der Waals surface area contributed by atoms with Crippen molar-refractivity contribution in [3.05, 3.63) is 49.1 Å². The summed E-state index contributed by atoms with van der Waals surface area (Å²) in [5, 5.41) is 0. The lowest BCUT2D eigenvalue weighted by molar-refractivity contribution is -0.716. The number of pyridine rings is 2. The first-order valence-corrected chi connectivity index (χ1v) is 7.38. The van der Waals surface area contributed by atoms with Crippen molar-refractivity contribution < 1.29 is 43.7 Å². The third kappa shape index (κ3) is 14.2. The van der Waals surface area contributed by atoms with Crippen LogP contribution in [0.2, 0.25) is 0 Å². The number of aromatic nitrogens is 2. The molecule has 0 aliphatic carbocycles. The van der Waals surface area contributed by atoms with E-state index in [4.69, 9.17) is 0 Å². The van der Waals surface area contributed by atoms with Crippen molar-refractivity contribution in [3.8, 4) is 11.1 Å². The van der Waals surface area contributed by atoms with E-state index in [0.717, 1.165) is 0 Å². The molecule has 2 rings (SSSR count). The molecule has 0 aromatic carbocycles. The quantitative estimate of drug-likeness (QED) is 0.402. The summed E-state index contributed by atoms with van der Waals surface area (Å²) in [5.74, 6) is 0. The van der Waals surface area contributed by atoms with Gasteiger partial charge in [-0.25, -0.2) is 9.13 Å². The van der Waals surface area contributed by atoms with Crippen molar-refractivity contribution in [1.29, 1.82) is 0 Å². The Bertz CT molecular complexity index is 616. The van der Waals surface area contributed by atoms with E-state index >= 15 is 0 Å². The fourth-order valence-electron chi connectivity index (χ4n) is 1.67. The number of rotatable bonds is 2. The summed E-state index contributed by atoms with van der Waals surface area (Å²) >= 11 is 0. The van der Waals surface area contributed by atoms with E-state index in [0.29, 0.717) is 6.04 Å². The maximum Gasteiger partial charge on any atom is 0.673 e. The Morgan fingerprint density at radius 3 is 1.19 bits per heavy atom. The second kappa shape index (κ2) is 10.1. The van der Waals surface area contributed by atoms with Gasteiger partial charge in [0.2, 0.25) is 0 Å². The minimum atomic E-state index is -6.00. The van der Waals surface area contributed by atoms with E-state index in [1.165, 1.54) is 11.1 Å². The summed E-state index contributed by atoms with van der Waals surface area (Å²) in [7, 11) is -9.97. The molecule has 2 nitrogen and oxygen atoms in total. The predicted octanol–water partition coefficient (Wildman–Crippen LogP) is 4.65. The molecule has 146 valence electrons. The van der Waals surface area contributed by atoms with Gasteiger partial charge < -0.3 is 34.5 Å². The fraction of sp³-hybridized carbons (Fsp3) is 0.286. The maximum atomic E-state index is 9.75. The summed E-state index contributed by atoms with van der Waals surface area (Å²) in [6.45, 7) is 4.37. The number of hydrogen-bond donors (Lipinski definition) is 0. The molecule has 0 aliphatic heterocycles. The molecular formula is C14H18B2F8N2. The highest BCUT2D eigenvalue weighted by Crippen LogP contribution is 2.15. The van der Waals surface area contributed by atoms with E-state index in [2.05, 4.69) is 67.5 Å². The Labute approximate surface area is 146 Å². The van der Waals surface area contributed by atoms with Crippen LogP contribution in [0.4, 0.5) is 34.5 Å². The molecule has 2 aromatic rings. The lowest BCUT2D eigenvalue weighted by Crippen LogP contribution is -2.34. The molecule has 2 heterocycles. The average Bonchev–Trinajstić information content (AvgIpc) is 2.45. The third-order valence-corrected chi connectivity index (χ3v) is 2.76. The fourth-order valence-corrected chi connectivity index (χ4v) is 1.67. The Morgan fingerprint density at radius 2 is 0.923 bits per heavy atom. The molecule has 0 saturated heterocycles. The lowest BCUT2D eigenvalue weighted by atomic mass is 10.1. The standard InChI is InChI=1S/C14H18N2.2BF4/c1-12(2)16-10-6-14(7-11-16)13-4-8-15(3)9-5-13;2*2-1(3,4)5/h4-12H,1-3H3;;/q+2;2*-1. The highest BCUT2D eigenvalue weighted by atomic mass is 19.5. The van der Waals surface area contributed by atoms with Gasteiger partial charge in [0.1, 0.15) is 7.05 Å². The third-order valence-electron chi connectivity index (χ3n) is 2.76. The van der Waals surface area contributed by atoms with Crippen molar-refractivity contribution in [2.45, 2.75) is 19.9 Å². The number of aryl methyl sites for hydroxylation is 1. The van der Waals surface area contributed by atoms with Gasteiger partial charge in [0.05, 0.1) is 0 Å². The normalized spacial score (nSPS) is 11.2. The summed E-state index contributed by atoms with van der Waals surface area (Å²) in [5.41, 5.74) is 2.52. The van der Waals surface area contributed by atoms with Gasteiger partial charge in [-0.15, -0.1) is 0 Å². The summed E-state index contributed by atoms with van der Waals surface area (Å²) in [6.07, 6.45) is 8.40. The van der Waals surface area contributed by atoms with Crippen LogP contribution in [0, 0.1) is 0 Å². The molecule has 0 bridgehead atoms. The van der Waals surface area contributed by atoms with E-state index in [1.54, 1.807) is 0 Å². The van der Waals surface area contributed by atoms with E-state index in [1.807, 2.05) is 11.6 Å². The maximum absolute atomic E-state index is 9.75. The van der Waals surface area contributed by atoms with Crippen LogP contribution < -0.4 is 9.13 Å². The molecule has 0 fully saturated rings. The minimum Gasteiger partial charge on any atom is -0.418 e. The largest absolute Gasteiger partial charge is 0.673 e. The zero-order valence-corrected chi connectivity index (χ0v) is 14.3. The Morgan fingerprint density at radius 1 is 0.654 bits per heavy atom. The zero-order valence-electron chi connectivity index (χ0n) is 14.3. The van der Waals surface area contributed by atoms with E-state index in [-0.39, 0.29) is 0 Å². The van der Waals surface area contributed by atoms with Crippen LogP contribution in [0.1, 0.15) is 19.9 Å². The van der Waals surface area contributed by atoms with Crippen LogP contribution in [-0.4, -0.2) is 14.5 Å². The van der Waals surface area contributed by atoms with Crippen LogP contribution in [0.25, 0.3) is 11.1 Å². The van der Waals surface area contributed by atoms with Gasteiger partial charge in [-0.05, 0) is 25.0 Å². The van der Waals surface area contributed by atoms with Gasteiger partial charge in [-0.3, -0.25) is 0 Å². The van der Waals surface area contributed by atoms with Gasteiger partial charge in [-0.2, -0.15) is 0 Å². The van der Waals surface area contributed by atoms with Crippen LogP contribution >= 0.6 is 0 Å². The average molecular weight is 388 g/mol. The molecule has 26 heavy (non-hydrogen) atoms. The van der Waals surface area contributed by atoms with Crippen LogP contribution in [-0.2, 0) is 7.05 Å². The van der Waals surface area contributed by atoms with Crippen molar-refractivity contribution >= 4 is 14.5 Å². The minimum absolute atomic E-state index is 0.516. The van der Waals surface area contributed by atoms with Crippen LogP contribution in [0.5, 0.6) is 0 Å². The molecule has 0 unspecified atom stereocenters. The van der Waals surface area contributed by atoms with E-state index < -0.39 is 14.5 Å². The highest BCUT2D eigenvalue weighted by molar-refractivity contribution is 6.50. The van der Waals surface area contributed by atoms with Gasteiger partial charge in [-0.1, -0.05) is 0 Å². The van der Waals surface area contributed by atoms with Crippen molar-refractivity contribution in [2.24, 2.45) is 7.05 Å². The predicted molar refractivity (Wildman–Crippen MR) is 84.0 cm³/mol. The number of nitrogens with zero attached hydrogens (tertiary/aromatic N) is 2. The SMILES string of the molecule is CC(C)[n+]1ccc(-c2cc[n+](C)cc2)cc1.F[B-](F)(F)F.F[B-](F)(F)F. The molecule has 2 aromatic heterocycles. The molecule has 0 radical (unpaired) electrons. The Balaban J connectivity index is 0.000000520. The molecule has 12 heteroatoms. The topological polar surface area (TPSA) is 7.76 Å². The Hall–Kier alpha value is -2.13. The molecule has 0 aliphatic rings. The number of halogens is 8. The van der Waals surface area contributed by atoms with E-state index in [9.17, 15) is 34.5 Å². The first-order chi connectivity index (χ1) is 11.7. The monoisotopic (exact) mass is 388 g/mol. The van der Waals surface area contributed by atoms with Gasteiger partial charge >= 0.3 is 14.5 Å². The highest BCUT2D eigenvalue weighted by Gasteiger charge is 2.21. The molecule has 0 atom stereocenters. The second-order valence-corrected chi connectivity index (χ2v) is 5.37. The van der Waals surface area contributed by atoms with Crippen molar-refractivity contribution in [2.75, 3.05) is 0 Å². The Kier molecular flexibility index (Phi) is 9.29. The lowest BCUT2D eigenvalue weighted by Gasteiger charge is -2.02. The second-order valence-electron chi connectivity index (χ2n) is 5.37. The first-order valence-electron chi connectivity index (χ1n) is 7.38. The zero-order chi connectivity index (χ0) is 20.5. The van der Waals surface area contributed by atoms with Crippen LogP contribution in [0.15, 0.2) is 49.1 Å². The molecule has 0 spiro atoms. The summed E-state index contributed by atoms with van der Waals surface area (Å²) in [6, 6.07) is 9.11. The van der Waals surface area contributed by atoms with Crippen molar-refractivity contribution in [1.82, 2.24) is 0 Å². The van der Waals surface area contributed by atoms with Crippen LogP contribution in [0.3, 0.4) is 0 Å². The molecule has 0 amide bonds. The van der Waals surface area contributed by atoms with Crippen molar-refractivity contribution in [3.63, 3.8) is 0 Å². The van der Waals surface area contributed by atoms with Gasteiger partial charge in [0.25, 0.3) is 0 Å².